The van der Waals surface area contributed by atoms with Gasteiger partial charge in [-0.25, -0.2) is 12.7 Å². The number of sulfonamides is 1. The standard InChI is InChI=1S/C9H13N5O3S/c1-6-4-7(12-11-6)9-10-8(13-17-9)5-18(15,16)14(2)3/h4H,5H2,1-3H3,(H,11,12). The quantitative estimate of drug-likeness (QED) is 0.849. The minimum atomic E-state index is -3.39. The molecule has 0 spiro atoms. The molecule has 0 atom stereocenters. The molecule has 0 bridgehead atoms. The van der Waals surface area contributed by atoms with Crippen LogP contribution in [0.15, 0.2) is 10.6 Å². The summed E-state index contributed by atoms with van der Waals surface area (Å²) in [4.78, 5) is 4.00. The molecule has 0 amide bonds. The first-order valence-electron chi connectivity index (χ1n) is 5.13. The molecule has 2 heterocycles. The summed E-state index contributed by atoms with van der Waals surface area (Å²) < 4.78 is 29.3. The fourth-order valence-corrected chi connectivity index (χ4v) is 1.94. The molecule has 98 valence electrons. The zero-order valence-electron chi connectivity index (χ0n) is 10.2. The number of aromatic nitrogens is 4. The van der Waals surface area contributed by atoms with E-state index in [1.165, 1.54) is 14.1 Å². The molecule has 18 heavy (non-hydrogen) atoms. The molecule has 0 radical (unpaired) electrons. The summed E-state index contributed by atoms with van der Waals surface area (Å²) in [5.41, 5.74) is 1.35. The van der Waals surface area contributed by atoms with E-state index in [0.717, 1.165) is 10.00 Å². The second-order valence-electron chi connectivity index (χ2n) is 3.99. The third-order valence-electron chi connectivity index (χ3n) is 2.26. The van der Waals surface area contributed by atoms with Crippen molar-refractivity contribution in [3.63, 3.8) is 0 Å². The molecule has 0 fully saturated rings. The zero-order valence-corrected chi connectivity index (χ0v) is 11.0. The van der Waals surface area contributed by atoms with Gasteiger partial charge in [-0.1, -0.05) is 5.16 Å². The highest BCUT2D eigenvalue weighted by molar-refractivity contribution is 7.88. The number of H-pyrrole nitrogens is 1. The van der Waals surface area contributed by atoms with Crippen LogP contribution in [-0.4, -0.2) is 47.2 Å². The maximum Gasteiger partial charge on any atom is 0.278 e. The first kappa shape index (κ1) is 12.7. The van der Waals surface area contributed by atoms with Crippen LogP contribution >= 0.6 is 0 Å². The smallest absolute Gasteiger partial charge is 0.278 e. The normalized spacial score (nSPS) is 12.2. The van der Waals surface area contributed by atoms with Gasteiger partial charge in [0.15, 0.2) is 11.5 Å². The molecule has 9 heteroatoms. The molecular formula is C9H13N5O3S. The molecule has 0 aliphatic carbocycles. The molecule has 0 saturated carbocycles. The maximum absolute atomic E-state index is 11.6. The summed E-state index contributed by atoms with van der Waals surface area (Å²) >= 11 is 0. The summed E-state index contributed by atoms with van der Waals surface area (Å²) in [6.07, 6.45) is 0. The highest BCUT2D eigenvalue weighted by Crippen LogP contribution is 2.16. The Hall–Kier alpha value is -1.74. The van der Waals surface area contributed by atoms with E-state index in [1.54, 1.807) is 6.07 Å². The van der Waals surface area contributed by atoms with E-state index >= 15 is 0 Å². The SMILES string of the molecule is Cc1cc(-c2nc(CS(=O)(=O)N(C)C)no2)n[nH]1. The maximum atomic E-state index is 11.6. The van der Waals surface area contributed by atoms with Crippen LogP contribution in [-0.2, 0) is 15.8 Å². The Morgan fingerprint density at radius 3 is 2.72 bits per heavy atom. The van der Waals surface area contributed by atoms with Gasteiger partial charge in [0.05, 0.1) is 0 Å². The average molecular weight is 271 g/mol. The summed E-state index contributed by atoms with van der Waals surface area (Å²) in [7, 11) is -0.491. The molecule has 2 rings (SSSR count). The van der Waals surface area contributed by atoms with Crippen molar-refractivity contribution >= 4 is 10.0 Å². The van der Waals surface area contributed by atoms with Gasteiger partial charge in [-0.15, -0.1) is 0 Å². The second-order valence-corrected chi connectivity index (χ2v) is 6.17. The highest BCUT2D eigenvalue weighted by atomic mass is 32.2. The van der Waals surface area contributed by atoms with Crippen LogP contribution in [0.2, 0.25) is 0 Å². The molecule has 2 aromatic heterocycles. The van der Waals surface area contributed by atoms with E-state index in [4.69, 9.17) is 4.52 Å². The fourth-order valence-electron chi connectivity index (χ4n) is 1.24. The van der Waals surface area contributed by atoms with Crippen molar-refractivity contribution in [2.45, 2.75) is 12.7 Å². The Kier molecular flexibility index (Phi) is 3.18. The monoisotopic (exact) mass is 271 g/mol. The highest BCUT2D eigenvalue weighted by Gasteiger charge is 2.20. The Balaban J connectivity index is 2.22. The van der Waals surface area contributed by atoms with Gasteiger partial charge in [-0.3, -0.25) is 5.10 Å². The molecule has 1 N–H and O–H groups in total. The number of hydrogen-bond acceptors (Lipinski definition) is 6. The zero-order chi connectivity index (χ0) is 13.3. The van der Waals surface area contributed by atoms with Crippen LogP contribution in [0.5, 0.6) is 0 Å². The van der Waals surface area contributed by atoms with E-state index < -0.39 is 10.0 Å². The predicted octanol–water partition coefficient (Wildman–Crippen LogP) is 0.160. The van der Waals surface area contributed by atoms with Gasteiger partial charge in [0.1, 0.15) is 5.75 Å². The van der Waals surface area contributed by atoms with E-state index in [2.05, 4.69) is 20.3 Å². The second kappa shape index (κ2) is 4.50. The van der Waals surface area contributed by atoms with Crippen LogP contribution in [0.25, 0.3) is 11.6 Å². The van der Waals surface area contributed by atoms with E-state index in [0.29, 0.717) is 5.69 Å². The minimum absolute atomic E-state index is 0.111. The number of hydrogen-bond donors (Lipinski definition) is 1. The third-order valence-corrected chi connectivity index (χ3v) is 4.00. The van der Waals surface area contributed by atoms with E-state index in [9.17, 15) is 8.42 Å². The fraction of sp³-hybridized carbons (Fsp3) is 0.444. The molecular weight excluding hydrogens is 258 g/mol. The van der Waals surface area contributed by atoms with Gasteiger partial charge in [0.2, 0.25) is 10.0 Å². The van der Waals surface area contributed by atoms with Crippen molar-refractivity contribution in [2.24, 2.45) is 0 Å². The molecule has 0 saturated heterocycles. The molecule has 0 aliphatic heterocycles. The van der Waals surface area contributed by atoms with Gasteiger partial charge in [0.25, 0.3) is 5.89 Å². The number of rotatable bonds is 4. The first-order chi connectivity index (χ1) is 8.38. The van der Waals surface area contributed by atoms with E-state index in [-0.39, 0.29) is 17.5 Å². The lowest BCUT2D eigenvalue weighted by atomic mass is 10.4. The van der Waals surface area contributed by atoms with Crippen LogP contribution in [0.3, 0.4) is 0 Å². The lowest BCUT2D eigenvalue weighted by Crippen LogP contribution is -2.24. The Bertz CT molecular complexity index is 643. The third kappa shape index (κ3) is 2.57. The van der Waals surface area contributed by atoms with Crippen molar-refractivity contribution in [3.8, 4) is 11.6 Å². The van der Waals surface area contributed by atoms with Crippen molar-refractivity contribution in [2.75, 3.05) is 14.1 Å². The Morgan fingerprint density at radius 2 is 2.17 bits per heavy atom. The Labute approximate surface area is 104 Å². The molecule has 8 nitrogen and oxygen atoms in total. The van der Waals surface area contributed by atoms with Crippen molar-refractivity contribution < 1.29 is 12.9 Å². The number of aryl methyl sites for hydroxylation is 1. The summed E-state index contributed by atoms with van der Waals surface area (Å²) in [5, 5.41) is 10.3. The molecule has 0 unspecified atom stereocenters. The molecule has 2 aromatic rings. The van der Waals surface area contributed by atoms with Crippen molar-refractivity contribution in [1.82, 2.24) is 24.6 Å². The van der Waals surface area contributed by atoms with Crippen LogP contribution in [0.1, 0.15) is 11.5 Å². The topological polar surface area (TPSA) is 105 Å². The van der Waals surface area contributed by atoms with Gasteiger partial charge < -0.3 is 4.52 Å². The van der Waals surface area contributed by atoms with Gasteiger partial charge in [-0.2, -0.15) is 10.1 Å². The number of aromatic amines is 1. The average Bonchev–Trinajstić information content (AvgIpc) is 2.86. The van der Waals surface area contributed by atoms with Gasteiger partial charge >= 0.3 is 0 Å². The van der Waals surface area contributed by atoms with Crippen LogP contribution in [0.4, 0.5) is 0 Å². The largest absolute Gasteiger partial charge is 0.332 e. The van der Waals surface area contributed by atoms with Crippen LogP contribution in [0, 0.1) is 6.92 Å². The van der Waals surface area contributed by atoms with E-state index in [1.807, 2.05) is 6.92 Å². The lowest BCUT2D eigenvalue weighted by molar-refractivity contribution is 0.422. The number of nitrogens with one attached hydrogen (secondary N) is 1. The molecule has 0 aromatic carbocycles. The summed E-state index contributed by atoms with van der Waals surface area (Å²) in [6, 6.07) is 1.73. The summed E-state index contributed by atoms with van der Waals surface area (Å²) in [5.74, 6) is 0.00931. The minimum Gasteiger partial charge on any atom is -0.332 e. The first-order valence-corrected chi connectivity index (χ1v) is 6.74. The van der Waals surface area contributed by atoms with Crippen molar-refractivity contribution in [1.29, 1.82) is 0 Å². The molecule has 0 aliphatic rings. The summed E-state index contributed by atoms with van der Waals surface area (Å²) in [6.45, 7) is 1.84. The van der Waals surface area contributed by atoms with Crippen molar-refractivity contribution in [3.05, 3.63) is 17.6 Å². The lowest BCUT2D eigenvalue weighted by Gasteiger charge is -2.07. The number of nitrogens with zero attached hydrogens (tertiary/aromatic N) is 4. The van der Waals surface area contributed by atoms with Crippen LogP contribution < -0.4 is 0 Å². The van der Waals surface area contributed by atoms with Gasteiger partial charge in [0, 0.05) is 19.8 Å². The Morgan fingerprint density at radius 1 is 1.44 bits per heavy atom. The van der Waals surface area contributed by atoms with Gasteiger partial charge in [-0.05, 0) is 13.0 Å². The predicted molar refractivity (Wildman–Crippen MR) is 62.9 cm³/mol.